The van der Waals surface area contributed by atoms with Crippen LogP contribution in [0, 0.1) is 5.92 Å². The van der Waals surface area contributed by atoms with Gasteiger partial charge in [-0.15, -0.1) is 0 Å². The minimum absolute atomic E-state index is 0.0309. The number of aromatic nitrogens is 3. The van der Waals surface area contributed by atoms with E-state index < -0.39 is 44.3 Å². The molecule has 208 valence electrons. The Morgan fingerprint density at radius 2 is 1.51 bits per heavy atom. The number of carbonyl (C=O) groups is 1. The number of piperazine rings is 1. The molecular formula is C24H21F6N5O3S. The maximum absolute atomic E-state index is 13.5. The molecule has 0 spiro atoms. The molecule has 0 unspecified atom stereocenters. The zero-order chi connectivity index (χ0) is 28.2. The van der Waals surface area contributed by atoms with Gasteiger partial charge in [0.25, 0.3) is 0 Å². The van der Waals surface area contributed by atoms with E-state index in [0.717, 1.165) is 45.9 Å². The van der Waals surface area contributed by atoms with E-state index in [0.29, 0.717) is 18.1 Å². The van der Waals surface area contributed by atoms with E-state index in [4.69, 9.17) is 0 Å². The molecule has 2 fully saturated rings. The molecule has 1 amide bonds. The largest absolute Gasteiger partial charge is 0.416 e. The molecule has 15 heteroatoms. The summed E-state index contributed by atoms with van der Waals surface area (Å²) in [5, 5.41) is 3.78. The van der Waals surface area contributed by atoms with Crippen molar-refractivity contribution in [2.24, 2.45) is 5.92 Å². The van der Waals surface area contributed by atoms with E-state index in [1.807, 2.05) is 0 Å². The number of carbonyl (C=O) groups excluding carboxylic acids is 1. The second-order valence-electron chi connectivity index (χ2n) is 9.35. The lowest BCUT2D eigenvalue weighted by Crippen LogP contribution is -2.51. The first-order valence-electron chi connectivity index (χ1n) is 11.8. The first-order chi connectivity index (χ1) is 18.2. The summed E-state index contributed by atoms with van der Waals surface area (Å²) in [4.78, 5) is 17.6. The molecule has 1 aliphatic carbocycles. The summed E-state index contributed by atoms with van der Waals surface area (Å²) in [6.45, 7) is -0.187. The predicted molar refractivity (Wildman–Crippen MR) is 124 cm³/mol. The fourth-order valence-electron chi connectivity index (χ4n) is 4.66. The highest BCUT2D eigenvalue weighted by Crippen LogP contribution is 2.49. The molecule has 3 aromatic rings. The fraction of sp³-hybridized carbons (Fsp3) is 0.375. The summed E-state index contributed by atoms with van der Waals surface area (Å²) in [6.07, 6.45) is -6.54. The SMILES string of the molecule is O=C([C@@H]1C[C@H]1c1ccc(C(F)(F)F)cc1)N1CCN(S(=O)(=O)c2cc(-n3cncn3)cc(C(F)(F)F)c2)CC1. The van der Waals surface area contributed by atoms with Crippen molar-refractivity contribution in [3.8, 4) is 5.69 Å². The lowest BCUT2D eigenvalue weighted by Gasteiger charge is -2.34. The molecule has 0 N–H and O–H groups in total. The summed E-state index contributed by atoms with van der Waals surface area (Å²) < 4.78 is 108. The van der Waals surface area contributed by atoms with Crippen LogP contribution in [0.2, 0.25) is 0 Å². The Labute approximate surface area is 218 Å². The number of amides is 1. The molecule has 1 saturated carbocycles. The third kappa shape index (κ3) is 5.50. The smallest absolute Gasteiger partial charge is 0.340 e. The van der Waals surface area contributed by atoms with Crippen LogP contribution in [0.25, 0.3) is 5.69 Å². The Morgan fingerprint density at radius 1 is 0.872 bits per heavy atom. The Balaban J connectivity index is 1.26. The standard InChI is InChI=1S/C24H21F6N5O3S/c25-23(26,27)16-3-1-15(2-4-16)20-12-21(20)22(36)33-5-7-34(8-6-33)39(37,38)19-10-17(24(28,29)30)9-18(11-19)35-14-31-13-32-35/h1-4,9-11,13-14,20-21H,5-8,12H2/t20-,21+/m0/s1. The van der Waals surface area contributed by atoms with E-state index in [2.05, 4.69) is 10.1 Å². The van der Waals surface area contributed by atoms with E-state index in [-0.39, 0.29) is 43.7 Å². The average molecular weight is 574 g/mol. The predicted octanol–water partition coefficient (Wildman–Crippen LogP) is 3.94. The van der Waals surface area contributed by atoms with Gasteiger partial charge in [-0.2, -0.15) is 35.7 Å². The zero-order valence-corrected chi connectivity index (χ0v) is 20.8. The Hall–Kier alpha value is -3.46. The number of sulfonamides is 1. The molecule has 0 bridgehead atoms. The van der Waals surface area contributed by atoms with Gasteiger partial charge >= 0.3 is 12.4 Å². The van der Waals surface area contributed by atoms with Crippen LogP contribution in [0.5, 0.6) is 0 Å². The number of halogens is 6. The quantitative estimate of drug-likeness (QED) is 0.432. The van der Waals surface area contributed by atoms with Crippen molar-refractivity contribution in [2.45, 2.75) is 29.6 Å². The van der Waals surface area contributed by atoms with Crippen molar-refractivity contribution in [1.29, 1.82) is 0 Å². The molecule has 2 heterocycles. The molecule has 39 heavy (non-hydrogen) atoms. The first-order valence-corrected chi connectivity index (χ1v) is 13.2. The van der Waals surface area contributed by atoms with Gasteiger partial charge in [0.1, 0.15) is 12.7 Å². The number of hydrogen-bond acceptors (Lipinski definition) is 5. The molecule has 2 aliphatic rings. The fourth-order valence-corrected chi connectivity index (χ4v) is 6.15. The van der Waals surface area contributed by atoms with E-state index >= 15 is 0 Å². The number of hydrogen-bond donors (Lipinski definition) is 0. The van der Waals surface area contributed by atoms with Crippen molar-refractivity contribution in [3.05, 3.63) is 71.8 Å². The molecule has 1 aromatic heterocycles. The highest BCUT2D eigenvalue weighted by molar-refractivity contribution is 7.89. The van der Waals surface area contributed by atoms with Crippen LogP contribution in [0.3, 0.4) is 0 Å². The monoisotopic (exact) mass is 573 g/mol. The highest BCUT2D eigenvalue weighted by Gasteiger charge is 2.47. The van der Waals surface area contributed by atoms with E-state index in [1.165, 1.54) is 17.0 Å². The Kier molecular flexibility index (Phi) is 6.69. The molecule has 0 radical (unpaired) electrons. The van der Waals surface area contributed by atoms with Gasteiger partial charge in [-0.25, -0.2) is 18.1 Å². The second kappa shape index (κ2) is 9.62. The van der Waals surface area contributed by atoms with Crippen LogP contribution in [-0.4, -0.2) is 64.5 Å². The molecule has 5 rings (SSSR count). The summed E-state index contributed by atoms with van der Waals surface area (Å²) in [7, 11) is -4.34. The summed E-state index contributed by atoms with van der Waals surface area (Å²) in [5.41, 5.74) is -1.44. The number of rotatable bonds is 5. The van der Waals surface area contributed by atoms with Crippen LogP contribution in [-0.2, 0) is 27.2 Å². The van der Waals surface area contributed by atoms with Gasteiger partial charge in [0.05, 0.1) is 21.7 Å². The molecular weight excluding hydrogens is 552 g/mol. The van der Waals surface area contributed by atoms with Crippen molar-refractivity contribution < 1.29 is 39.6 Å². The minimum Gasteiger partial charge on any atom is -0.340 e. The van der Waals surface area contributed by atoms with Gasteiger partial charge in [-0.05, 0) is 48.2 Å². The van der Waals surface area contributed by atoms with Gasteiger partial charge in [-0.3, -0.25) is 4.79 Å². The minimum atomic E-state index is -4.81. The Bertz CT molecular complexity index is 1470. The lowest BCUT2D eigenvalue weighted by atomic mass is 10.1. The van der Waals surface area contributed by atoms with Crippen molar-refractivity contribution in [2.75, 3.05) is 26.2 Å². The first kappa shape index (κ1) is 27.1. The van der Waals surface area contributed by atoms with Gasteiger partial charge in [0, 0.05) is 32.1 Å². The van der Waals surface area contributed by atoms with Crippen LogP contribution in [0.1, 0.15) is 29.0 Å². The summed E-state index contributed by atoms with van der Waals surface area (Å²) >= 11 is 0. The third-order valence-electron chi connectivity index (χ3n) is 6.86. The van der Waals surface area contributed by atoms with Gasteiger partial charge in [-0.1, -0.05) is 12.1 Å². The summed E-state index contributed by atoms with van der Waals surface area (Å²) in [6, 6.07) is 7.07. The van der Waals surface area contributed by atoms with Crippen molar-refractivity contribution in [3.63, 3.8) is 0 Å². The van der Waals surface area contributed by atoms with Crippen molar-refractivity contribution >= 4 is 15.9 Å². The molecule has 2 atom stereocenters. The highest BCUT2D eigenvalue weighted by atomic mass is 32.2. The number of benzene rings is 2. The molecule has 1 saturated heterocycles. The third-order valence-corrected chi connectivity index (χ3v) is 8.74. The molecule has 1 aliphatic heterocycles. The Morgan fingerprint density at radius 3 is 2.08 bits per heavy atom. The maximum atomic E-state index is 13.5. The van der Waals surface area contributed by atoms with Crippen LogP contribution in [0.4, 0.5) is 26.3 Å². The van der Waals surface area contributed by atoms with Crippen LogP contribution >= 0.6 is 0 Å². The zero-order valence-electron chi connectivity index (χ0n) is 20.0. The van der Waals surface area contributed by atoms with Crippen LogP contribution in [0.15, 0.2) is 60.0 Å². The molecule has 2 aromatic carbocycles. The number of nitrogens with zero attached hydrogens (tertiary/aromatic N) is 5. The average Bonchev–Trinajstić information content (AvgIpc) is 3.50. The normalized spacial score (nSPS) is 20.7. The second-order valence-corrected chi connectivity index (χ2v) is 11.3. The van der Waals surface area contributed by atoms with Gasteiger partial charge in [0.2, 0.25) is 15.9 Å². The van der Waals surface area contributed by atoms with Crippen LogP contribution < -0.4 is 0 Å². The maximum Gasteiger partial charge on any atom is 0.416 e. The topological polar surface area (TPSA) is 88.4 Å². The summed E-state index contributed by atoms with van der Waals surface area (Å²) in [5.74, 6) is -0.870. The number of alkyl halides is 6. The van der Waals surface area contributed by atoms with Crippen molar-refractivity contribution in [1.82, 2.24) is 24.0 Å². The van der Waals surface area contributed by atoms with E-state index in [1.54, 1.807) is 0 Å². The lowest BCUT2D eigenvalue weighted by molar-refractivity contribution is -0.138. The molecule has 8 nitrogen and oxygen atoms in total. The van der Waals surface area contributed by atoms with Gasteiger partial charge in [0.15, 0.2) is 0 Å². The van der Waals surface area contributed by atoms with E-state index in [9.17, 15) is 39.6 Å². The van der Waals surface area contributed by atoms with Gasteiger partial charge < -0.3 is 4.90 Å².